The molecule has 3 heterocycles. The van der Waals surface area contributed by atoms with E-state index in [2.05, 4.69) is 73.9 Å². The molecule has 0 radical (unpaired) electrons. The maximum absolute atomic E-state index is 12.1. The van der Waals surface area contributed by atoms with Crippen LogP contribution in [0.4, 0.5) is 29.1 Å². The van der Waals surface area contributed by atoms with E-state index >= 15 is 0 Å². The molecule has 192 valence electrons. The number of benzene rings is 1. The van der Waals surface area contributed by atoms with Crippen molar-refractivity contribution in [2.45, 2.75) is 44.6 Å². The van der Waals surface area contributed by atoms with Gasteiger partial charge in [0.1, 0.15) is 17.5 Å². The summed E-state index contributed by atoms with van der Waals surface area (Å²) in [6.45, 7) is 6.61. The van der Waals surface area contributed by atoms with Gasteiger partial charge in [0, 0.05) is 46.4 Å². The second-order valence-corrected chi connectivity index (χ2v) is 13.4. The molecule has 1 aliphatic heterocycles. The molecule has 3 aromatic rings. The maximum atomic E-state index is 12.1. The number of nitrogens with one attached hydrogen (secondary N) is 2. The number of fused-ring (bicyclic) bond motifs is 1. The third-order valence-corrected chi connectivity index (χ3v) is 7.14. The van der Waals surface area contributed by atoms with Crippen molar-refractivity contribution in [3.8, 4) is 6.07 Å². The van der Waals surface area contributed by atoms with Gasteiger partial charge in [-0.15, -0.1) is 0 Å². The fraction of sp³-hybridized carbons (Fsp3) is 0.407. The summed E-state index contributed by atoms with van der Waals surface area (Å²) in [5.74, 6) is 2.13. The summed E-state index contributed by atoms with van der Waals surface area (Å²) in [6.07, 6.45) is 7.06. The highest BCUT2D eigenvalue weighted by atomic mass is 32.2. The minimum absolute atomic E-state index is 0.0947. The van der Waals surface area contributed by atoms with Crippen molar-refractivity contribution in [3.63, 3.8) is 0 Å². The van der Waals surface area contributed by atoms with Gasteiger partial charge in [-0.1, -0.05) is 19.9 Å². The Morgan fingerprint density at radius 3 is 2.68 bits per heavy atom. The minimum atomic E-state index is -2.35. The van der Waals surface area contributed by atoms with Crippen LogP contribution in [0.25, 0.3) is 0 Å². The monoisotopic (exact) mass is 516 g/mol. The molecular formula is C27H32N8OS. The van der Waals surface area contributed by atoms with Gasteiger partial charge in [0.25, 0.3) is 0 Å². The van der Waals surface area contributed by atoms with Crippen molar-refractivity contribution < 1.29 is 4.21 Å². The number of hydrogen-bond acceptors (Lipinski definition) is 9. The maximum Gasteiger partial charge on any atom is 0.229 e. The van der Waals surface area contributed by atoms with Gasteiger partial charge in [0.15, 0.2) is 11.6 Å². The zero-order chi connectivity index (χ0) is 26.4. The first kappa shape index (κ1) is 25.1. The zero-order valence-corrected chi connectivity index (χ0v) is 22.7. The molecule has 1 aliphatic carbocycles. The highest BCUT2D eigenvalue weighted by molar-refractivity contribution is 7.92. The molecule has 1 fully saturated rings. The molecule has 0 spiro atoms. The zero-order valence-electron chi connectivity index (χ0n) is 21.9. The number of nitrogens with zero attached hydrogens (tertiary/aromatic N) is 6. The van der Waals surface area contributed by atoms with Crippen molar-refractivity contribution in [2.24, 2.45) is 4.36 Å². The van der Waals surface area contributed by atoms with E-state index in [9.17, 15) is 9.47 Å². The first-order valence-corrected chi connectivity index (χ1v) is 14.6. The molecule has 2 aliphatic rings. The molecule has 0 saturated heterocycles. The summed E-state index contributed by atoms with van der Waals surface area (Å²) in [5.41, 5.74) is 5.58. The van der Waals surface area contributed by atoms with E-state index in [0.29, 0.717) is 29.3 Å². The van der Waals surface area contributed by atoms with E-state index in [-0.39, 0.29) is 11.0 Å². The summed E-state index contributed by atoms with van der Waals surface area (Å²) < 4.78 is 16.2. The van der Waals surface area contributed by atoms with Crippen molar-refractivity contribution >= 4 is 38.8 Å². The highest BCUT2D eigenvalue weighted by Crippen LogP contribution is 2.48. The minimum Gasteiger partial charge on any atom is -0.324 e. The first-order valence-electron chi connectivity index (χ1n) is 12.3. The number of pyridine rings is 1. The van der Waals surface area contributed by atoms with E-state index in [1.54, 1.807) is 30.7 Å². The predicted molar refractivity (Wildman–Crippen MR) is 147 cm³/mol. The number of rotatable bonds is 6. The summed E-state index contributed by atoms with van der Waals surface area (Å²) >= 11 is 0. The van der Waals surface area contributed by atoms with Gasteiger partial charge in [-0.2, -0.15) is 14.6 Å². The molecule has 0 unspecified atom stereocenters. The molecule has 0 bridgehead atoms. The molecule has 10 heteroatoms. The normalized spacial score (nSPS) is 17.0. The third-order valence-electron chi connectivity index (χ3n) is 6.51. The van der Waals surface area contributed by atoms with E-state index in [0.717, 1.165) is 18.8 Å². The average Bonchev–Trinajstić information content (AvgIpc) is 3.62. The Morgan fingerprint density at radius 1 is 1.19 bits per heavy atom. The number of likely N-dealkylation sites (N-methyl/N-ethyl adjacent to an activating group) is 1. The van der Waals surface area contributed by atoms with Crippen LogP contribution in [0, 0.1) is 11.3 Å². The van der Waals surface area contributed by atoms with Gasteiger partial charge >= 0.3 is 0 Å². The van der Waals surface area contributed by atoms with Crippen LogP contribution in [0.15, 0.2) is 40.9 Å². The molecule has 37 heavy (non-hydrogen) atoms. The van der Waals surface area contributed by atoms with E-state index in [1.165, 1.54) is 35.7 Å². The second kappa shape index (κ2) is 9.39. The van der Waals surface area contributed by atoms with Gasteiger partial charge in [-0.25, -0.2) is 14.2 Å². The van der Waals surface area contributed by atoms with Crippen molar-refractivity contribution in [1.82, 2.24) is 19.9 Å². The molecule has 2 aromatic heterocycles. The van der Waals surface area contributed by atoms with Gasteiger partial charge in [0.2, 0.25) is 5.95 Å². The molecule has 1 aromatic carbocycles. The van der Waals surface area contributed by atoms with Crippen LogP contribution in [0.3, 0.4) is 0 Å². The van der Waals surface area contributed by atoms with E-state index in [1.807, 2.05) is 0 Å². The van der Waals surface area contributed by atoms with Crippen LogP contribution in [-0.2, 0) is 21.7 Å². The Labute approximate surface area is 218 Å². The predicted octanol–water partition coefficient (Wildman–Crippen LogP) is 5.19. The Bertz CT molecular complexity index is 1520. The Hall–Kier alpha value is -3.55. The highest BCUT2D eigenvalue weighted by Gasteiger charge is 2.37. The Balaban J connectivity index is 1.47. The smallest absolute Gasteiger partial charge is 0.229 e. The van der Waals surface area contributed by atoms with Crippen LogP contribution in [0.5, 0.6) is 0 Å². The van der Waals surface area contributed by atoms with Crippen molar-refractivity contribution in [1.29, 1.82) is 5.26 Å². The van der Waals surface area contributed by atoms with Crippen LogP contribution >= 0.6 is 0 Å². The fourth-order valence-corrected chi connectivity index (χ4v) is 5.76. The van der Waals surface area contributed by atoms with Crippen molar-refractivity contribution in [3.05, 3.63) is 58.8 Å². The number of nitriles is 1. The lowest BCUT2D eigenvalue weighted by Crippen LogP contribution is -2.40. The van der Waals surface area contributed by atoms with Gasteiger partial charge in [-0.05, 0) is 66.8 Å². The molecule has 9 nitrogen and oxygen atoms in total. The molecule has 1 saturated carbocycles. The Morgan fingerprint density at radius 2 is 1.97 bits per heavy atom. The van der Waals surface area contributed by atoms with E-state index < -0.39 is 9.73 Å². The largest absolute Gasteiger partial charge is 0.324 e. The lowest BCUT2D eigenvalue weighted by atomic mass is 9.75. The fourth-order valence-electron chi connectivity index (χ4n) is 5.20. The van der Waals surface area contributed by atoms with Gasteiger partial charge in [-0.3, -0.25) is 0 Å². The molecular weight excluding hydrogens is 484 g/mol. The molecule has 0 amide bonds. The van der Waals surface area contributed by atoms with Crippen LogP contribution in [0.1, 0.15) is 54.9 Å². The first-order chi connectivity index (χ1) is 17.5. The number of hydrogen-bond donors (Lipinski definition) is 2. The van der Waals surface area contributed by atoms with Crippen molar-refractivity contribution in [2.75, 3.05) is 36.7 Å². The third kappa shape index (κ3) is 5.73. The average molecular weight is 517 g/mol. The van der Waals surface area contributed by atoms with Crippen LogP contribution in [-0.4, -0.2) is 50.2 Å². The molecule has 2 N–H and O–H groups in total. The van der Waals surface area contributed by atoms with Gasteiger partial charge in [0.05, 0.1) is 6.20 Å². The lowest BCUT2D eigenvalue weighted by molar-refractivity contribution is 0.234. The lowest BCUT2D eigenvalue weighted by Gasteiger charge is -2.40. The second-order valence-electron chi connectivity index (χ2n) is 10.9. The standard InChI is InChI=1S/C27H32N8OS/c1-27(2)16-35(3)15-18-11-20(12-21(24(18)27)17-9-10-17)30-26-29-14-19(13-28)25(33-26)32-22-7-6-8-23(31-22)34-37(4,5)36/h6-8,11-12,14,17H,9-10,15-16H2,1-5H3,(H2,29,30,31,32,33). The summed E-state index contributed by atoms with van der Waals surface area (Å²) in [7, 11) is -0.184. The van der Waals surface area contributed by atoms with E-state index in [4.69, 9.17) is 0 Å². The number of aromatic nitrogens is 3. The Kier molecular flexibility index (Phi) is 6.38. The number of anilines is 4. The summed E-state index contributed by atoms with van der Waals surface area (Å²) in [4.78, 5) is 15.7. The quantitative estimate of drug-likeness (QED) is 0.459. The molecule has 5 rings (SSSR count). The van der Waals surface area contributed by atoms with Gasteiger partial charge < -0.3 is 15.5 Å². The summed E-state index contributed by atoms with van der Waals surface area (Å²) in [5, 5.41) is 16.1. The topological polar surface area (TPSA) is 119 Å². The van der Waals surface area contributed by atoms with Crippen LogP contribution < -0.4 is 10.6 Å². The molecule has 0 atom stereocenters. The summed E-state index contributed by atoms with van der Waals surface area (Å²) in [6, 6.07) is 11.8. The SMILES string of the molecule is CN1Cc2cc(Nc3ncc(C#N)c(Nc4cccc(N=S(C)(C)=O)n4)n3)cc(C3CC3)c2C(C)(C)C1. The van der Waals surface area contributed by atoms with Crippen LogP contribution in [0.2, 0.25) is 0 Å².